The van der Waals surface area contributed by atoms with Crippen LogP contribution in [0.4, 0.5) is 0 Å². The van der Waals surface area contributed by atoms with Crippen LogP contribution in [-0.2, 0) is 9.53 Å². The molecule has 2 unspecified atom stereocenters. The molecule has 3 rings (SSSR count). The Labute approximate surface area is 140 Å². The largest absolute Gasteiger partial charge is 0.378 e. The van der Waals surface area contributed by atoms with Gasteiger partial charge in [0.2, 0.25) is 0 Å². The molecule has 0 aliphatic heterocycles. The zero-order valence-corrected chi connectivity index (χ0v) is 14.6. The monoisotopic (exact) mass is 314 g/mol. The number of benzene rings is 1. The normalized spacial score (nSPS) is 31.0. The Kier molecular flexibility index (Phi) is 5.53. The van der Waals surface area contributed by atoms with Gasteiger partial charge in [0.05, 0.1) is 6.10 Å². The quantitative estimate of drug-likeness (QED) is 0.673. The summed E-state index contributed by atoms with van der Waals surface area (Å²) < 4.78 is 5.96. The summed E-state index contributed by atoms with van der Waals surface area (Å²) in [6, 6.07) is 8.89. The van der Waals surface area contributed by atoms with Crippen LogP contribution in [0.25, 0.3) is 0 Å². The summed E-state index contributed by atoms with van der Waals surface area (Å²) in [5.74, 6) is 1.53. The van der Waals surface area contributed by atoms with Crippen molar-refractivity contribution in [1.29, 1.82) is 0 Å². The first-order valence-electron chi connectivity index (χ1n) is 9.44. The van der Waals surface area contributed by atoms with Crippen molar-refractivity contribution < 1.29 is 9.53 Å². The standard InChI is InChI=1S/C21H30O2/c1-3-4-13-23-19-11-9-17(10-12-19)16-5-7-18(8-6-16)20-14-15(2)21(20)22/h5-8,15,17,19-20H,3-4,9-14H2,1-2H3. The molecule has 2 atom stereocenters. The third-order valence-corrected chi connectivity index (χ3v) is 5.75. The first-order valence-corrected chi connectivity index (χ1v) is 9.44. The fourth-order valence-corrected chi connectivity index (χ4v) is 4.03. The van der Waals surface area contributed by atoms with Crippen molar-refractivity contribution in [2.24, 2.45) is 5.92 Å². The van der Waals surface area contributed by atoms with Gasteiger partial charge in [0.25, 0.3) is 0 Å². The second-order valence-corrected chi connectivity index (χ2v) is 7.46. The van der Waals surface area contributed by atoms with Crippen LogP contribution >= 0.6 is 0 Å². The Bertz CT molecular complexity index is 511. The molecule has 2 saturated carbocycles. The Morgan fingerprint density at radius 3 is 2.26 bits per heavy atom. The van der Waals surface area contributed by atoms with Gasteiger partial charge in [-0.3, -0.25) is 4.79 Å². The molecule has 0 heterocycles. The number of carbonyl (C=O) groups excluding carboxylic acids is 1. The van der Waals surface area contributed by atoms with Crippen LogP contribution in [-0.4, -0.2) is 18.5 Å². The smallest absolute Gasteiger partial charge is 0.143 e. The maximum atomic E-state index is 11.9. The number of Topliss-reactive ketones (excluding diaryl/α,β-unsaturated/α-hetero) is 1. The summed E-state index contributed by atoms with van der Waals surface area (Å²) >= 11 is 0. The van der Waals surface area contributed by atoms with Gasteiger partial charge in [0, 0.05) is 18.4 Å². The third-order valence-electron chi connectivity index (χ3n) is 5.75. The minimum absolute atomic E-state index is 0.168. The highest BCUT2D eigenvalue weighted by Gasteiger charge is 2.36. The fraction of sp³-hybridized carbons (Fsp3) is 0.667. The zero-order chi connectivity index (χ0) is 16.2. The van der Waals surface area contributed by atoms with Gasteiger partial charge >= 0.3 is 0 Å². The summed E-state index contributed by atoms with van der Waals surface area (Å²) in [6.07, 6.45) is 8.74. The molecule has 2 nitrogen and oxygen atoms in total. The first-order chi connectivity index (χ1) is 11.2. The highest BCUT2D eigenvalue weighted by molar-refractivity contribution is 5.93. The average molecular weight is 314 g/mol. The van der Waals surface area contributed by atoms with Crippen LogP contribution in [0.5, 0.6) is 0 Å². The van der Waals surface area contributed by atoms with E-state index in [0.717, 1.165) is 13.0 Å². The van der Waals surface area contributed by atoms with E-state index in [2.05, 4.69) is 31.2 Å². The molecule has 0 aromatic heterocycles. The van der Waals surface area contributed by atoms with Crippen LogP contribution in [0.1, 0.15) is 81.8 Å². The summed E-state index contributed by atoms with van der Waals surface area (Å²) in [7, 11) is 0. The van der Waals surface area contributed by atoms with E-state index >= 15 is 0 Å². The van der Waals surface area contributed by atoms with Crippen LogP contribution in [0, 0.1) is 5.92 Å². The van der Waals surface area contributed by atoms with Gasteiger partial charge in [-0.05, 0) is 55.6 Å². The molecule has 23 heavy (non-hydrogen) atoms. The van der Waals surface area contributed by atoms with E-state index in [1.807, 2.05) is 6.92 Å². The van der Waals surface area contributed by atoms with Crippen molar-refractivity contribution in [2.75, 3.05) is 6.61 Å². The van der Waals surface area contributed by atoms with Crippen molar-refractivity contribution in [3.8, 4) is 0 Å². The van der Waals surface area contributed by atoms with Crippen molar-refractivity contribution in [3.63, 3.8) is 0 Å². The highest BCUT2D eigenvalue weighted by Crippen LogP contribution is 2.39. The van der Waals surface area contributed by atoms with Crippen LogP contribution in [0.3, 0.4) is 0 Å². The van der Waals surface area contributed by atoms with E-state index < -0.39 is 0 Å². The number of rotatable bonds is 6. The molecule has 0 saturated heterocycles. The molecule has 0 N–H and O–H groups in total. The molecule has 0 spiro atoms. The van der Waals surface area contributed by atoms with Gasteiger partial charge in [0.15, 0.2) is 0 Å². The van der Waals surface area contributed by atoms with Gasteiger partial charge in [-0.15, -0.1) is 0 Å². The predicted octanol–water partition coefficient (Wildman–Crippen LogP) is 5.22. The lowest BCUT2D eigenvalue weighted by Crippen LogP contribution is -2.33. The van der Waals surface area contributed by atoms with Crippen molar-refractivity contribution >= 4 is 5.78 Å². The van der Waals surface area contributed by atoms with E-state index in [1.54, 1.807) is 0 Å². The highest BCUT2D eigenvalue weighted by atomic mass is 16.5. The molecular weight excluding hydrogens is 284 g/mol. The van der Waals surface area contributed by atoms with Crippen LogP contribution in [0.15, 0.2) is 24.3 Å². The maximum Gasteiger partial charge on any atom is 0.143 e. The van der Waals surface area contributed by atoms with Gasteiger partial charge in [-0.2, -0.15) is 0 Å². The topological polar surface area (TPSA) is 26.3 Å². The summed E-state index contributed by atoms with van der Waals surface area (Å²) in [5, 5.41) is 0. The average Bonchev–Trinajstić information content (AvgIpc) is 2.60. The van der Waals surface area contributed by atoms with E-state index in [4.69, 9.17) is 4.74 Å². The molecule has 1 aromatic rings. The molecule has 2 fully saturated rings. The molecule has 2 aliphatic carbocycles. The molecule has 0 bridgehead atoms. The van der Waals surface area contributed by atoms with E-state index in [0.29, 0.717) is 17.8 Å². The molecule has 0 radical (unpaired) electrons. The SMILES string of the molecule is CCCCOC1CCC(c2ccc(C3CC(C)C3=O)cc2)CC1. The van der Waals surface area contributed by atoms with E-state index in [1.165, 1.54) is 49.7 Å². The number of carbonyl (C=O) groups is 1. The molecule has 126 valence electrons. The zero-order valence-electron chi connectivity index (χ0n) is 14.6. The number of ketones is 1. The van der Waals surface area contributed by atoms with Gasteiger partial charge < -0.3 is 4.74 Å². The van der Waals surface area contributed by atoms with Gasteiger partial charge in [-0.25, -0.2) is 0 Å². The lowest BCUT2D eigenvalue weighted by atomic mass is 9.71. The Hall–Kier alpha value is -1.15. The number of hydrogen-bond acceptors (Lipinski definition) is 2. The second-order valence-electron chi connectivity index (χ2n) is 7.46. The summed E-state index contributed by atoms with van der Waals surface area (Å²) in [6.45, 7) is 5.17. The van der Waals surface area contributed by atoms with Crippen molar-refractivity contribution in [3.05, 3.63) is 35.4 Å². The number of ether oxygens (including phenoxy) is 1. The van der Waals surface area contributed by atoms with Gasteiger partial charge in [0.1, 0.15) is 5.78 Å². The Morgan fingerprint density at radius 1 is 1.04 bits per heavy atom. The Morgan fingerprint density at radius 2 is 1.70 bits per heavy atom. The van der Waals surface area contributed by atoms with Crippen molar-refractivity contribution in [2.45, 2.75) is 76.7 Å². The lowest BCUT2D eigenvalue weighted by molar-refractivity contribution is -0.130. The number of unbranched alkanes of at least 4 members (excludes halogenated alkanes) is 1. The third kappa shape index (κ3) is 3.85. The lowest BCUT2D eigenvalue weighted by Gasteiger charge is -2.32. The summed E-state index contributed by atoms with van der Waals surface area (Å²) in [5.41, 5.74) is 2.66. The van der Waals surface area contributed by atoms with Crippen LogP contribution < -0.4 is 0 Å². The van der Waals surface area contributed by atoms with Gasteiger partial charge in [-0.1, -0.05) is 44.5 Å². The fourth-order valence-electron chi connectivity index (χ4n) is 4.03. The number of hydrogen-bond donors (Lipinski definition) is 0. The minimum atomic E-state index is 0.168. The van der Waals surface area contributed by atoms with Crippen molar-refractivity contribution in [1.82, 2.24) is 0 Å². The molecule has 2 aliphatic rings. The Balaban J connectivity index is 1.50. The predicted molar refractivity (Wildman–Crippen MR) is 93.8 cm³/mol. The minimum Gasteiger partial charge on any atom is -0.378 e. The maximum absolute atomic E-state index is 11.9. The molecule has 2 heteroatoms. The van der Waals surface area contributed by atoms with Crippen LogP contribution in [0.2, 0.25) is 0 Å². The molecular formula is C21H30O2. The first kappa shape index (κ1) is 16.7. The summed E-state index contributed by atoms with van der Waals surface area (Å²) in [4.78, 5) is 11.9. The molecule has 0 amide bonds. The molecule has 1 aromatic carbocycles. The van der Waals surface area contributed by atoms with E-state index in [9.17, 15) is 4.79 Å². The van der Waals surface area contributed by atoms with E-state index in [-0.39, 0.29) is 11.8 Å². The second kappa shape index (κ2) is 7.61.